The number of rotatable bonds is 6. The van der Waals surface area contributed by atoms with E-state index >= 15 is 0 Å². The maximum absolute atomic E-state index is 14.1. The Morgan fingerprint density at radius 1 is 0.919 bits per heavy atom. The van der Waals surface area contributed by atoms with Crippen LogP contribution in [0.15, 0.2) is 30.3 Å². The Morgan fingerprint density at radius 3 is 2.46 bits per heavy atom. The summed E-state index contributed by atoms with van der Waals surface area (Å²) in [6.07, 6.45) is 1.64. The van der Waals surface area contributed by atoms with E-state index in [4.69, 9.17) is 19.4 Å². The van der Waals surface area contributed by atoms with Crippen LogP contribution in [-0.2, 0) is 9.47 Å². The van der Waals surface area contributed by atoms with Crippen LogP contribution < -0.4 is 10.2 Å². The van der Waals surface area contributed by atoms with Gasteiger partial charge in [0.15, 0.2) is 5.82 Å². The summed E-state index contributed by atoms with van der Waals surface area (Å²) in [6.45, 7) is 5.99. The van der Waals surface area contributed by atoms with Gasteiger partial charge in [-0.1, -0.05) is 12.1 Å². The van der Waals surface area contributed by atoms with E-state index in [-0.39, 0.29) is 11.9 Å². The summed E-state index contributed by atoms with van der Waals surface area (Å²) in [5, 5.41) is 3.64. The summed E-state index contributed by atoms with van der Waals surface area (Å²) in [5.41, 5.74) is 1.11. The van der Waals surface area contributed by atoms with Crippen molar-refractivity contribution in [1.29, 1.82) is 0 Å². The van der Waals surface area contributed by atoms with Gasteiger partial charge >= 0.3 is 0 Å². The number of hydrogen-bond donors (Lipinski definition) is 1. The fourth-order valence-corrected chi connectivity index (χ4v) is 5.73. The van der Waals surface area contributed by atoms with Gasteiger partial charge in [-0.3, -0.25) is 9.47 Å². The van der Waals surface area contributed by atoms with Gasteiger partial charge in [0.05, 0.1) is 37.5 Å². The number of alkyl halides is 2. The number of aromatic nitrogens is 4. The van der Waals surface area contributed by atoms with Crippen molar-refractivity contribution in [3.63, 3.8) is 0 Å². The molecule has 9 nitrogen and oxygen atoms in total. The Kier molecular flexibility index (Phi) is 7.16. The number of para-hydroxylation sites is 2. The maximum atomic E-state index is 14.1. The molecule has 1 saturated carbocycles. The molecule has 0 bridgehead atoms. The lowest BCUT2D eigenvalue weighted by molar-refractivity contribution is 0.00751. The van der Waals surface area contributed by atoms with Crippen LogP contribution in [0.3, 0.4) is 0 Å². The minimum atomic E-state index is -2.74. The molecule has 198 valence electrons. The largest absolute Gasteiger partial charge is 0.379 e. The predicted molar refractivity (Wildman–Crippen MR) is 137 cm³/mol. The lowest BCUT2D eigenvalue weighted by Crippen LogP contribution is -2.47. The number of fused-ring (bicyclic) bond motifs is 1. The average molecular weight is 514 g/mol. The van der Waals surface area contributed by atoms with E-state index in [1.807, 2.05) is 6.07 Å². The summed E-state index contributed by atoms with van der Waals surface area (Å²) < 4.78 is 40.8. The molecule has 3 aliphatic rings. The number of hydrogen-bond acceptors (Lipinski definition) is 8. The molecule has 0 unspecified atom stereocenters. The normalized spacial score (nSPS) is 23.6. The van der Waals surface area contributed by atoms with E-state index < -0.39 is 6.43 Å². The molecule has 0 radical (unpaired) electrons. The molecule has 1 N–H and O–H groups in total. The molecule has 0 spiro atoms. The molecule has 2 saturated heterocycles. The van der Waals surface area contributed by atoms with Gasteiger partial charge in [-0.05, 0) is 37.8 Å². The first-order valence-corrected chi connectivity index (χ1v) is 13.2. The topological polar surface area (TPSA) is 80.6 Å². The molecule has 2 aliphatic heterocycles. The highest BCUT2D eigenvalue weighted by atomic mass is 19.3. The van der Waals surface area contributed by atoms with Gasteiger partial charge in [0.2, 0.25) is 5.95 Å². The number of halogens is 2. The molecule has 37 heavy (non-hydrogen) atoms. The van der Waals surface area contributed by atoms with E-state index in [2.05, 4.69) is 20.1 Å². The van der Waals surface area contributed by atoms with Crippen molar-refractivity contribution < 1.29 is 18.3 Å². The van der Waals surface area contributed by atoms with Gasteiger partial charge in [0.1, 0.15) is 11.6 Å². The number of benzene rings is 1. The summed E-state index contributed by atoms with van der Waals surface area (Å²) in [4.78, 5) is 18.4. The van der Waals surface area contributed by atoms with E-state index in [0.717, 1.165) is 45.6 Å². The summed E-state index contributed by atoms with van der Waals surface area (Å²) in [5.74, 6) is 1.24. The standard InChI is InChI=1S/C26H33F2N7O2/c27-24(28)25-30-20-6-1-2-7-21(20)35(25)23-17-22(31-26(32-23)34-10-14-37-15-11-34)29-18-4-3-5-19(16-18)33-8-12-36-13-9-33/h1-2,6-7,17-19,24H,3-5,8-16H2,(H,29,31,32)/t18-,19-/m0/s1. The fourth-order valence-electron chi connectivity index (χ4n) is 5.73. The minimum Gasteiger partial charge on any atom is -0.379 e. The second kappa shape index (κ2) is 10.8. The SMILES string of the molecule is FC(F)c1nc2ccccc2n1-c1cc(N[C@H]2CCC[C@H](N3CCOCC3)C2)nc(N2CCOCC2)n1. The van der Waals surface area contributed by atoms with E-state index in [1.54, 1.807) is 24.3 Å². The molecule has 2 aromatic heterocycles. The van der Waals surface area contributed by atoms with Crippen molar-refractivity contribution in [1.82, 2.24) is 24.4 Å². The zero-order chi connectivity index (χ0) is 25.2. The first-order valence-electron chi connectivity index (χ1n) is 13.2. The second-order valence-electron chi connectivity index (χ2n) is 9.92. The highest BCUT2D eigenvalue weighted by Gasteiger charge is 2.29. The van der Waals surface area contributed by atoms with Crippen LogP contribution in [0.25, 0.3) is 16.9 Å². The molecule has 3 fully saturated rings. The minimum absolute atomic E-state index is 0.246. The van der Waals surface area contributed by atoms with Crippen LogP contribution in [-0.4, -0.2) is 89.1 Å². The molecule has 1 aliphatic carbocycles. The Labute approximate surface area is 214 Å². The first kappa shape index (κ1) is 24.4. The molecule has 3 aromatic rings. The molecular formula is C26H33F2N7O2. The van der Waals surface area contributed by atoms with Crippen LogP contribution in [0.4, 0.5) is 20.5 Å². The van der Waals surface area contributed by atoms with Crippen molar-refractivity contribution in [3.05, 3.63) is 36.2 Å². The summed E-state index contributed by atoms with van der Waals surface area (Å²) in [6, 6.07) is 9.71. The Hall–Kier alpha value is -2.89. The van der Waals surface area contributed by atoms with Crippen LogP contribution in [0.1, 0.15) is 37.9 Å². The van der Waals surface area contributed by atoms with Crippen molar-refractivity contribution in [2.75, 3.05) is 62.8 Å². The zero-order valence-electron chi connectivity index (χ0n) is 20.9. The van der Waals surface area contributed by atoms with E-state index in [9.17, 15) is 8.78 Å². The number of anilines is 2. The van der Waals surface area contributed by atoms with Crippen molar-refractivity contribution >= 4 is 22.8 Å². The van der Waals surface area contributed by atoms with Gasteiger partial charge < -0.3 is 19.7 Å². The Bertz CT molecular complexity index is 1210. The third-order valence-corrected chi connectivity index (χ3v) is 7.57. The Morgan fingerprint density at radius 2 is 1.68 bits per heavy atom. The quantitative estimate of drug-likeness (QED) is 0.535. The smallest absolute Gasteiger partial charge is 0.296 e. The number of ether oxygens (including phenoxy) is 2. The average Bonchev–Trinajstić information content (AvgIpc) is 3.34. The Balaban J connectivity index is 1.34. The third-order valence-electron chi connectivity index (χ3n) is 7.57. The van der Waals surface area contributed by atoms with Gasteiger partial charge in [-0.25, -0.2) is 13.8 Å². The van der Waals surface area contributed by atoms with E-state index in [0.29, 0.717) is 61.0 Å². The molecule has 11 heteroatoms. The predicted octanol–water partition coefficient (Wildman–Crippen LogP) is 3.65. The van der Waals surface area contributed by atoms with E-state index in [1.165, 1.54) is 11.0 Å². The highest BCUT2D eigenvalue weighted by molar-refractivity contribution is 5.78. The van der Waals surface area contributed by atoms with Crippen LogP contribution >= 0.6 is 0 Å². The van der Waals surface area contributed by atoms with Gasteiger partial charge in [-0.15, -0.1) is 0 Å². The number of imidazole rings is 1. The van der Waals surface area contributed by atoms with Gasteiger partial charge in [-0.2, -0.15) is 9.97 Å². The van der Waals surface area contributed by atoms with Crippen molar-refractivity contribution in [2.45, 2.75) is 44.2 Å². The molecular weight excluding hydrogens is 480 g/mol. The molecule has 4 heterocycles. The molecule has 6 rings (SSSR count). The monoisotopic (exact) mass is 513 g/mol. The summed E-state index contributed by atoms with van der Waals surface area (Å²) in [7, 11) is 0. The first-order chi connectivity index (χ1) is 18.2. The van der Waals surface area contributed by atoms with Gasteiger partial charge in [0.25, 0.3) is 6.43 Å². The summed E-state index contributed by atoms with van der Waals surface area (Å²) >= 11 is 0. The van der Waals surface area contributed by atoms with Crippen molar-refractivity contribution in [3.8, 4) is 5.82 Å². The molecule has 1 aromatic carbocycles. The maximum Gasteiger partial charge on any atom is 0.296 e. The zero-order valence-corrected chi connectivity index (χ0v) is 20.9. The molecule has 0 amide bonds. The van der Waals surface area contributed by atoms with Crippen LogP contribution in [0.5, 0.6) is 0 Å². The molecule has 2 atom stereocenters. The lowest BCUT2D eigenvalue weighted by Gasteiger charge is -2.39. The highest BCUT2D eigenvalue weighted by Crippen LogP contribution is 2.31. The van der Waals surface area contributed by atoms with Crippen LogP contribution in [0.2, 0.25) is 0 Å². The third kappa shape index (κ3) is 5.25. The van der Waals surface area contributed by atoms with Crippen molar-refractivity contribution in [2.24, 2.45) is 0 Å². The second-order valence-corrected chi connectivity index (χ2v) is 9.92. The number of morpholine rings is 2. The lowest BCUT2D eigenvalue weighted by atomic mass is 9.89. The fraction of sp³-hybridized carbons (Fsp3) is 0.577. The van der Waals surface area contributed by atoms with Crippen LogP contribution in [0, 0.1) is 0 Å². The number of nitrogens with zero attached hydrogens (tertiary/aromatic N) is 6. The van der Waals surface area contributed by atoms with Gasteiger partial charge in [0, 0.05) is 44.3 Å². The number of nitrogens with one attached hydrogen (secondary N) is 1.